The summed E-state index contributed by atoms with van der Waals surface area (Å²) in [5.41, 5.74) is 4.07. The molecule has 0 saturated heterocycles. The molecule has 0 saturated carbocycles. The quantitative estimate of drug-likeness (QED) is 0.248. The Hall–Kier alpha value is -3.58. The number of aryl methyl sites for hydroxylation is 1. The van der Waals surface area contributed by atoms with Crippen LogP contribution in [0.2, 0.25) is 0 Å². The van der Waals surface area contributed by atoms with Crippen molar-refractivity contribution in [1.29, 1.82) is 0 Å². The molecule has 0 bridgehead atoms. The van der Waals surface area contributed by atoms with Crippen LogP contribution in [0, 0.1) is 12.3 Å². The largest absolute Gasteiger partial charge is 0.379 e. The van der Waals surface area contributed by atoms with E-state index in [0.29, 0.717) is 0 Å². The van der Waals surface area contributed by atoms with E-state index in [-0.39, 0.29) is 16.7 Å². The molecule has 2 aromatic carbocycles. The molecule has 0 radical (unpaired) electrons. The Bertz CT molecular complexity index is 1530. The number of nitrogens with zero attached hydrogens (tertiary/aromatic N) is 2. The van der Waals surface area contributed by atoms with Gasteiger partial charge in [0.05, 0.1) is 5.41 Å². The molecular formula is C30H35N3O3S. The summed E-state index contributed by atoms with van der Waals surface area (Å²) in [6.07, 6.45) is 4.45. The third-order valence-corrected chi connectivity index (χ3v) is 6.71. The third-order valence-electron chi connectivity index (χ3n) is 5.82. The summed E-state index contributed by atoms with van der Waals surface area (Å²) in [5, 5.41) is 4.80. The van der Waals surface area contributed by atoms with Crippen molar-refractivity contribution in [2.45, 2.75) is 53.5 Å². The van der Waals surface area contributed by atoms with Crippen molar-refractivity contribution < 1.29 is 12.6 Å². The highest BCUT2D eigenvalue weighted by molar-refractivity contribution is 7.90. The van der Waals surface area contributed by atoms with Gasteiger partial charge in [-0.25, -0.2) is 4.98 Å². The molecule has 0 fully saturated rings. The predicted molar refractivity (Wildman–Crippen MR) is 152 cm³/mol. The molecule has 0 atom stereocenters. The first-order valence-electron chi connectivity index (χ1n) is 12.4. The zero-order chi connectivity index (χ0) is 26.8. The molecule has 0 aliphatic heterocycles. The fourth-order valence-electron chi connectivity index (χ4n) is 4.80. The van der Waals surface area contributed by atoms with Crippen LogP contribution in [0.3, 0.4) is 0 Å². The average Bonchev–Trinajstić information content (AvgIpc) is 3.16. The molecule has 0 unspecified atom stereocenters. The summed E-state index contributed by atoms with van der Waals surface area (Å²) in [4.78, 5) is 4.96. The van der Waals surface area contributed by atoms with Crippen molar-refractivity contribution in [1.82, 2.24) is 9.38 Å². The van der Waals surface area contributed by atoms with Gasteiger partial charge >= 0.3 is 10.1 Å². The van der Waals surface area contributed by atoms with Crippen molar-refractivity contribution >= 4 is 27.7 Å². The smallest absolute Gasteiger partial charge is 0.332 e. The maximum absolute atomic E-state index is 12.7. The van der Waals surface area contributed by atoms with Gasteiger partial charge < -0.3 is 9.50 Å². The van der Waals surface area contributed by atoms with Crippen LogP contribution in [0.15, 0.2) is 78.3 Å². The third kappa shape index (κ3) is 6.80. The number of imidazole rings is 1. The molecule has 4 rings (SSSR count). The molecule has 0 aliphatic carbocycles. The van der Waals surface area contributed by atoms with Crippen LogP contribution >= 0.6 is 0 Å². The Kier molecular flexibility index (Phi) is 7.20. The van der Waals surface area contributed by atoms with E-state index in [2.05, 4.69) is 44.3 Å². The Balaban J connectivity index is 1.70. The minimum Gasteiger partial charge on any atom is -0.379 e. The monoisotopic (exact) mass is 517 g/mol. The zero-order valence-corrected chi connectivity index (χ0v) is 23.1. The SMILES string of the molecule is Cc1cccn2c(NC(C)(C)CC(C)(C)C)c(-c3cccc(OS(=O)(=O)C=Cc4ccccc4)c3)nc12. The van der Waals surface area contributed by atoms with E-state index in [1.165, 1.54) is 6.08 Å². The highest BCUT2D eigenvalue weighted by Gasteiger charge is 2.28. The van der Waals surface area contributed by atoms with Crippen molar-refractivity contribution in [3.63, 3.8) is 0 Å². The van der Waals surface area contributed by atoms with Gasteiger partial charge in [-0.2, -0.15) is 8.42 Å². The highest BCUT2D eigenvalue weighted by atomic mass is 32.2. The van der Waals surface area contributed by atoms with Gasteiger partial charge in [-0.3, -0.25) is 4.40 Å². The van der Waals surface area contributed by atoms with Gasteiger partial charge in [0.2, 0.25) is 0 Å². The Morgan fingerprint density at radius 1 is 0.973 bits per heavy atom. The molecule has 1 N–H and O–H groups in total. The average molecular weight is 518 g/mol. The van der Waals surface area contributed by atoms with Gasteiger partial charge in [0.25, 0.3) is 0 Å². The van der Waals surface area contributed by atoms with Gasteiger partial charge in [-0.15, -0.1) is 0 Å². The van der Waals surface area contributed by atoms with Crippen molar-refractivity contribution in [2.75, 3.05) is 5.32 Å². The van der Waals surface area contributed by atoms with Crippen molar-refractivity contribution in [2.24, 2.45) is 5.41 Å². The summed E-state index contributed by atoms with van der Waals surface area (Å²) in [5.74, 6) is 1.08. The lowest BCUT2D eigenvalue weighted by atomic mass is 9.82. The van der Waals surface area contributed by atoms with E-state index < -0.39 is 10.1 Å². The maximum Gasteiger partial charge on any atom is 0.332 e. The van der Waals surface area contributed by atoms with Crippen molar-refractivity contribution in [3.05, 3.63) is 89.5 Å². The number of fused-ring (bicyclic) bond motifs is 1. The van der Waals surface area contributed by atoms with Gasteiger partial charge in [0.15, 0.2) is 0 Å². The molecule has 0 amide bonds. The molecular weight excluding hydrogens is 482 g/mol. The van der Waals surface area contributed by atoms with E-state index in [1.54, 1.807) is 18.2 Å². The molecule has 0 spiro atoms. The fourth-order valence-corrected chi connectivity index (χ4v) is 5.55. The van der Waals surface area contributed by atoms with Gasteiger partial charge in [0, 0.05) is 17.3 Å². The van der Waals surface area contributed by atoms with Crippen LogP contribution in [0.5, 0.6) is 5.75 Å². The number of aromatic nitrogens is 2. The second kappa shape index (κ2) is 10.1. The number of hydrogen-bond donors (Lipinski definition) is 1. The van der Waals surface area contributed by atoms with Crippen LogP contribution in [-0.4, -0.2) is 23.3 Å². The first-order chi connectivity index (χ1) is 17.3. The molecule has 6 nitrogen and oxygen atoms in total. The molecule has 4 aromatic rings. The molecule has 37 heavy (non-hydrogen) atoms. The minimum atomic E-state index is -3.94. The van der Waals surface area contributed by atoms with E-state index in [9.17, 15) is 8.42 Å². The molecule has 2 aromatic heterocycles. The standard InChI is InChI=1S/C30H35N3O3S/c1-22-12-11-18-33-27(22)31-26(28(33)32-30(5,6)21-29(2,3)4)24-15-10-16-25(20-24)36-37(34,35)19-17-23-13-8-7-9-14-23/h7-20,32H,21H2,1-6H3. The van der Waals surface area contributed by atoms with Gasteiger partial charge in [0.1, 0.15) is 22.9 Å². The number of nitrogens with one attached hydrogen (secondary N) is 1. The topological polar surface area (TPSA) is 72.7 Å². The van der Waals surface area contributed by atoms with E-state index in [4.69, 9.17) is 9.17 Å². The van der Waals surface area contributed by atoms with Crippen LogP contribution in [0.1, 0.15) is 52.2 Å². The van der Waals surface area contributed by atoms with E-state index in [0.717, 1.165) is 45.7 Å². The lowest BCUT2D eigenvalue weighted by Gasteiger charge is -2.34. The zero-order valence-electron chi connectivity index (χ0n) is 22.3. The number of pyridine rings is 1. The normalized spacial score (nSPS) is 12.8. The number of benzene rings is 2. The van der Waals surface area contributed by atoms with Gasteiger partial charge in [-0.05, 0) is 68.0 Å². The maximum atomic E-state index is 12.7. The second-order valence-electron chi connectivity index (χ2n) is 11.3. The summed E-state index contributed by atoms with van der Waals surface area (Å²) >= 11 is 0. The number of anilines is 1. The number of hydrogen-bond acceptors (Lipinski definition) is 5. The summed E-state index contributed by atoms with van der Waals surface area (Å²) in [6, 6.07) is 20.3. The predicted octanol–water partition coefficient (Wildman–Crippen LogP) is 7.32. The number of rotatable bonds is 8. The van der Waals surface area contributed by atoms with E-state index in [1.807, 2.05) is 61.7 Å². The van der Waals surface area contributed by atoms with Crippen molar-refractivity contribution in [3.8, 4) is 17.0 Å². The Morgan fingerprint density at radius 3 is 2.41 bits per heavy atom. The Labute approximate surface area is 220 Å². The molecule has 7 heteroatoms. The van der Waals surface area contributed by atoms with E-state index >= 15 is 0 Å². The Morgan fingerprint density at radius 2 is 1.70 bits per heavy atom. The van der Waals surface area contributed by atoms with Crippen LogP contribution in [0.4, 0.5) is 5.82 Å². The lowest BCUT2D eigenvalue weighted by Crippen LogP contribution is -2.36. The molecule has 2 heterocycles. The first-order valence-corrected chi connectivity index (χ1v) is 13.8. The highest BCUT2D eigenvalue weighted by Crippen LogP contribution is 2.36. The summed E-state index contributed by atoms with van der Waals surface area (Å²) in [6.45, 7) is 13.1. The molecule has 194 valence electrons. The fraction of sp³-hybridized carbons (Fsp3) is 0.300. The first kappa shape index (κ1) is 26.5. The van der Waals surface area contributed by atoms with Crippen LogP contribution in [0.25, 0.3) is 23.0 Å². The van der Waals surface area contributed by atoms with Gasteiger partial charge in [-0.1, -0.05) is 69.3 Å². The summed E-state index contributed by atoms with van der Waals surface area (Å²) in [7, 11) is -3.94. The summed E-state index contributed by atoms with van der Waals surface area (Å²) < 4.78 is 32.8. The van der Waals surface area contributed by atoms with Crippen LogP contribution < -0.4 is 9.50 Å². The lowest BCUT2D eigenvalue weighted by molar-refractivity contribution is 0.302. The second-order valence-corrected chi connectivity index (χ2v) is 12.7. The minimum absolute atomic E-state index is 0.127. The van der Waals surface area contributed by atoms with Crippen LogP contribution in [-0.2, 0) is 10.1 Å². The molecule has 0 aliphatic rings.